The number of nitrogens with zero attached hydrogens (tertiary/aromatic N) is 1. The molecule has 0 spiro atoms. The van der Waals surface area contributed by atoms with E-state index in [4.69, 9.17) is 9.47 Å². The Bertz CT molecular complexity index is 1240. The second kappa shape index (κ2) is 8.79. The van der Waals surface area contributed by atoms with Crippen LogP contribution in [0.4, 0.5) is 0 Å². The summed E-state index contributed by atoms with van der Waals surface area (Å²) in [4.78, 5) is 18.7. The van der Waals surface area contributed by atoms with E-state index in [9.17, 15) is 4.79 Å². The summed E-state index contributed by atoms with van der Waals surface area (Å²) in [6.45, 7) is 3.48. The Balaban J connectivity index is 1.40. The SMILES string of the molecule is CCc1ccc(C(=O)N(CCc2c[nH]c3ccccc23)Cc2ccc3c(c2)OCO3)cc1. The highest BCUT2D eigenvalue weighted by molar-refractivity contribution is 5.94. The Morgan fingerprint density at radius 3 is 2.59 bits per heavy atom. The molecule has 1 aliphatic heterocycles. The van der Waals surface area contributed by atoms with Crippen molar-refractivity contribution in [3.8, 4) is 11.5 Å². The predicted molar refractivity (Wildman–Crippen MR) is 125 cm³/mol. The number of fused-ring (bicyclic) bond motifs is 2. The number of carbonyl (C=O) groups is 1. The first-order chi connectivity index (χ1) is 15.7. The van der Waals surface area contributed by atoms with Crippen LogP contribution in [0.15, 0.2) is 72.9 Å². The molecule has 4 aromatic rings. The van der Waals surface area contributed by atoms with Crippen molar-refractivity contribution in [1.82, 2.24) is 9.88 Å². The van der Waals surface area contributed by atoms with Crippen molar-refractivity contribution in [2.75, 3.05) is 13.3 Å². The van der Waals surface area contributed by atoms with Gasteiger partial charge < -0.3 is 19.4 Å². The van der Waals surface area contributed by atoms with Gasteiger partial charge in [0.2, 0.25) is 6.79 Å². The van der Waals surface area contributed by atoms with Crippen LogP contribution in [0.5, 0.6) is 11.5 Å². The number of para-hydroxylation sites is 1. The van der Waals surface area contributed by atoms with Crippen LogP contribution >= 0.6 is 0 Å². The summed E-state index contributed by atoms with van der Waals surface area (Å²) in [5, 5.41) is 1.20. The van der Waals surface area contributed by atoms with E-state index in [1.807, 2.05) is 65.7 Å². The molecule has 0 saturated carbocycles. The summed E-state index contributed by atoms with van der Waals surface area (Å²) >= 11 is 0. The molecule has 0 aliphatic carbocycles. The van der Waals surface area contributed by atoms with Gasteiger partial charge in [-0.3, -0.25) is 4.79 Å². The lowest BCUT2D eigenvalue weighted by Crippen LogP contribution is -2.32. The summed E-state index contributed by atoms with van der Waals surface area (Å²) in [6.07, 6.45) is 3.77. The summed E-state index contributed by atoms with van der Waals surface area (Å²) in [5.41, 5.74) is 5.29. The average Bonchev–Trinajstić information content (AvgIpc) is 3.48. The molecule has 1 aromatic heterocycles. The molecule has 0 unspecified atom stereocenters. The molecule has 5 rings (SSSR count). The average molecular weight is 427 g/mol. The molecule has 1 aliphatic rings. The Hall–Kier alpha value is -3.73. The third-order valence-electron chi connectivity index (χ3n) is 6.03. The molecule has 162 valence electrons. The molecule has 0 saturated heterocycles. The van der Waals surface area contributed by atoms with Crippen LogP contribution in [-0.2, 0) is 19.4 Å². The molecule has 0 fully saturated rings. The number of rotatable bonds is 7. The topological polar surface area (TPSA) is 54.6 Å². The number of nitrogens with one attached hydrogen (secondary N) is 1. The fraction of sp³-hybridized carbons (Fsp3) is 0.222. The van der Waals surface area contributed by atoms with Crippen LogP contribution < -0.4 is 9.47 Å². The fourth-order valence-electron chi connectivity index (χ4n) is 4.17. The zero-order chi connectivity index (χ0) is 21.9. The van der Waals surface area contributed by atoms with Crippen LogP contribution in [0.25, 0.3) is 10.9 Å². The molecule has 0 radical (unpaired) electrons. The van der Waals surface area contributed by atoms with Crippen LogP contribution in [0.2, 0.25) is 0 Å². The van der Waals surface area contributed by atoms with Crippen molar-refractivity contribution in [1.29, 1.82) is 0 Å². The maximum atomic E-state index is 13.5. The number of aromatic nitrogens is 1. The van der Waals surface area contributed by atoms with E-state index in [0.29, 0.717) is 18.7 Å². The van der Waals surface area contributed by atoms with Gasteiger partial charge in [-0.1, -0.05) is 43.3 Å². The quantitative estimate of drug-likeness (QED) is 0.434. The predicted octanol–water partition coefficient (Wildman–Crippen LogP) is 5.34. The van der Waals surface area contributed by atoms with Gasteiger partial charge >= 0.3 is 0 Å². The van der Waals surface area contributed by atoms with E-state index < -0.39 is 0 Å². The number of carbonyl (C=O) groups excluding carboxylic acids is 1. The minimum atomic E-state index is 0.0326. The van der Waals surface area contributed by atoms with Crippen molar-refractivity contribution < 1.29 is 14.3 Å². The van der Waals surface area contributed by atoms with E-state index in [0.717, 1.165) is 35.4 Å². The van der Waals surface area contributed by atoms with Gasteiger partial charge in [0.1, 0.15) is 0 Å². The molecule has 1 amide bonds. The van der Waals surface area contributed by atoms with Crippen molar-refractivity contribution in [3.63, 3.8) is 0 Å². The monoisotopic (exact) mass is 426 g/mol. The van der Waals surface area contributed by atoms with Crippen molar-refractivity contribution in [2.24, 2.45) is 0 Å². The lowest BCUT2D eigenvalue weighted by Gasteiger charge is -2.23. The Labute approximate surface area is 187 Å². The van der Waals surface area contributed by atoms with Crippen LogP contribution in [0, 0.1) is 0 Å². The Morgan fingerprint density at radius 1 is 0.969 bits per heavy atom. The number of hydrogen-bond acceptors (Lipinski definition) is 3. The number of aromatic amines is 1. The first-order valence-electron chi connectivity index (χ1n) is 11.0. The number of amides is 1. The zero-order valence-corrected chi connectivity index (χ0v) is 18.1. The molecule has 1 N–H and O–H groups in total. The van der Waals surface area contributed by atoms with Crippen molar-refractivity contribution in [3.05, 3.63) is 95.2 Å². The molecule has 0 bridgehead atoms. The third kappa shape index (κ3) is 4.06. The number of aryl methyl sites for hydroxylation is 1. The van der Waals surface area contributed by atoms with Crippen LogP contribution in [-0.4, -0.2) is 29.1 Å². The largest absolute Gasteiger partial charge is 0.454 e. The van der Waals surface area contributed by atoms with Gasteiger partial charge in [0.15, 0.2) is 11.5 Å². The minimum absolute atomic E-state index is 0.0326. The van der Waals surface area contributed by atoms with E-state index in [1.54, 1.807) is 0 Å². The molecule has 5 heteroatoms. The second-order valence-corrected chi connectivity index (χ2v) is 8.07. The number of benzene rings is 3. The third-order valence-corrected chi connectivity index (χ3v) is 6.03. The summed E-state index contributed by atoms with van der Waals surface area (Å²) in [5.74, 6) is 1.52. The molecular weight excluding hydrogens is 400 g/mol. The molecule has 3 aromatic carbocycles. The zero-order valence-electron chi connectivity index (χ0n) is 18.1. The number of H-pyrrole nitrogens is 1. The number of hydrogen-bond donors (Lipinski definition) is 1. The molecule has 32 heavy (non-hydrogen) atoms. The molecular formula is C27H26N2O3. The van der Waals surface area contributed by atoms with Gasteiger partial charge in [0.05, 0.1) is 0 Å². The summed E-state index contributed by atoms with van der Waals surface area (Å²) in [6, 6.07) is 22.1. The maximum Gasteiger partial charge on any atom is 0.254 e. The Kier molecular flexibility index (Phi) is 5.55. The fourth-order valence-corrected chi connectivity index (χ4v) is 4.17. The highest BCUT2D eigenvalue weighted by Crippen LogP contribution is 2.33. The molecule has 5 nitrogen and oxygen atoms in total. The van der Waals surface area contributed by atoms with Gasteiger partial charge in [0, 0.05) is 35.8 Å². The lowest BCUT2D eigenvalue weighted by molar-refractivity contribution is 0.0745. The standard InChI is InChI=1S/C27H26N2O3/c1-2-19-7-10-21(11-8-19)27(30)29(17-20-9-12-25-26(15-20)32-18-31-25)14-13-22-16-28-24-6-4-3-5-23(22)24/h3-12,15-16,28H,2,13-14,17-18H2,1H3. The highest BCUT2D eigenvalue weighted by Gasteiger charge is 2.19. The first kappa shape index (κ1) is 20.2. The van der Waals surface area contributed by atoms with Crippen LogP contribution in [0.3, 0.4) is 0 Å². The van der Waals surface area contributed by atoms with Crippen molar-refractivity contribution in [2.45, 2.75) is 26.3 Å². The lowest BCUT2D eigenvalue weighted by atomic mass is 10.1. The first-order valence-corrected chi connectivity index (χ1v) is 11.0. The van der Waals surface area contributed by atoms with Crippen molar-refractivity contribution >= 4 is 16.8 Å². The maximum absolute atomic E-state index is 13.5. The van der Waals surface area contributed by atoms with E-state index in [2.05, 4.69) is 24.0 Å². The normalized spacial score (nSPS) is 12.3. The van der Waals surface area contributed by atoms with E-state index in [1.165, 1.54) is 16.5 Å². The number of ether oxygens (including phenoxy) is 2. The van der Waals surface area contributed by atoms with E-state index >= 15 is 0 Å². The Morgan fingerprint density at radius 2 is 1.75 bits per heavy atom. The molecule has 2 heterocycles. The minimum Gasteiger partial charge on any atom is -0.454 e. The summed E-state index contributed by atoms with van der Waals surface area (Å²) in [7, 11) is 0. The van der Waals surface area contributed by atoms with Gasteiger partial charge in [-0.2, -0.15) is 0 Å². The van der Waals surface area contributed by atoms with E-state index in [-0.39, 0.29) is 12.7 Å². The van der Waals surface area contributed by atoms with Crippen LogP contribution in [0.1, 0.15) is 34.0 Å². The second-order valence-electron chi connectivity index (χ2n) is 8.07. The van der Waals surface area contributed by atoms with Gasteiger partial charge in [-0.25, -0.2) is 0 Å². The van der Waals surface area contributed by atoms with Gasteiger partial charge in [-0.05, 0) is 59.9 Å². The smallest absolute Gasteiger partial charge is 0.254 e. The summed E-state index contributed by atoms with van der Waals surface area (Å²) < 4.78 is 11.0. The molecule has 0 atom stereocenters. The van der Waals surface area contributed by atoms with Gasteiger partial charge in [-0.15, -0.1) is 0 Å². The van der Waals surface area contributed by atoms with Gasteiger partial charge in [0.25, 0.3) is 5.91 Å². The highest BCUT2D eigenvalue weighted by atomic mass is 16.7.